The second-order valence-corrected chi connectivity index (χ2v) is 7.22. The molecule has 2 heterocycles. The van der Waals surface area contributed by atoms with Gasteiger partial charge in [-0.25, -0.2) is 4.98 Å². The zero-order chi connectivity index (χ0) is 16.7. The molecular weight excluding hydrogens is 290 g/mol. The quantitative estimate of drug-likeness (QED) is 0.948. The van der Waals surface area contributed by atoms with Gasteiger partial charge >= 0.3 is 0 Å². The number of amides is 1. The lowest BCUT2D eigenvalue weighted by Gasteiger charge is -2.27. The van der Waals surface area contributed by atoms with Crippen molar-refractivity contribution in [3.8, 4) is 5.69 Å². The van der Waals surface area contributed by atoms with Crippen molar-refractivity contribution in [2.45, 2.75) is 51.4 Å². The van der Waals surface area contributed by atoms with Crippen LogP contribution in [0.4, 0.5) is 0 Å². The number of imidazole rings is 1. The van der Waals surface area contributed by atoms with Gasteiger partial charge in [0.25, 0.3) is 5.91 Å². The molecule has 1 aliphatic heterocycles. The van der Waals surface area contributed by atoms with E-state index in [9.17, 15) is 4.79 Å². The molecule has 1 N–H and O–H groups in total. The summed E-state index contributed by atoms with van der Waals surface area (Å²) in [5, 5.41) is 3.12. The molecule has 1 aromatic heterocycles. The first-order valence-electron chi connectivity index (χ1n) is 7.86. The predicted molar refractivity (Wildman–Crippen MR) is 88.7 cm³/mol. The third-order valence-corrected chi connectivity index (χ3v) is 4.29. The molecule has 1 amide bonds. The Morgan fingerprint density at radius 2 is 2.13 bits per heavy atom. The van der Waals surface area contributed by atoms with E-state index >= 15 is 0 Å². The second kappa shape index (κ2) is 5.49. The zero-order valence-corrected chi connectivity index (χ0v) is 14.0. The van der Waals surface area contributed by atoms with Gasteiger partial charge in [-0.1, -0.05) is 6.07 Å². The van der Waals surface area contributed by atoms with E-state index in [0.29, 0.717) is 5.56 Å². The highest BCUT2D eigenvalue weighted by Crippen LogP contribution is 2.37. The van der Waals surface area contributed by atoms with Crippen LogP contribution in [-0.2, 0) is 4.74 Å². The third kappa shape index (κ3) is 3.29. The first kappa shape index (κ1) is 15.7. The van der Waals surface area contributed by atoms with Gasteiger partial charge in [-0.2, -0.15) is 0 Å². The number of benzene rings is 1. The number of carbonyl (C=O) groups is 1. The number of aromatic nitrogens is 2. The number of nitrogens with one attached hydrogen (secondary N) is 1. The molecule has 1 aliphatic rings. The molecule has 2 aromatic rings. The summed E-state index contributed by atoms with van der Waals surface area (Å²) >= 11 is 0. The van der Waals surface area contributed by atoms with Crippen LogP contribution in [0, 0.1) is 0 Å². The number of ether oxygens (including phenoxy) is 1. The minimum atomic E-state index is -0.374. The number of carbonyl (C=O) groups excluding carboxylic acids is 1. The summed E-state index contributed by atoms with van der Waals surface area (Å²) in [6, 6.07) is 7.51. The largest absolute Gasteiger partial charge is 0.367 e. The van der Waals surface area contributed by atoms with Crippen LogP contribution in [0.25, 0.3) is 5.69 Å². The molecule has 0 radical (unpaired) electrons. The van der Waals surface area contributed by atoms with Gasteiger partial charge < -0.3 is 14.6 Å². The minimum Gasteiger partial charge on any atom is -0.367 e. The SMILES string of the molecule is CC1(C)C[C@H](NC(=O)c2cccc(-n3ccnc3)c2)C(C)(C)O1. The summed E-state index contributed by atoms with van der Waals surface area (Å²) in [7, 11) is 0. The van der Waals surface area contributed by atoms with E-state index in [2.05, 4.69) is 24.1 Å². The average molecular weight is 313 g/mol. The summed E-state index contributed by atoms with van der Waals surface area (Å²) in [5.74, 6) is -0.0775. The highest BCUT2D eigenvalue weighted by molar-refractivity contribution is 5.95. The number of rotatable bonds is 3. The second-order valence-electron chi connectivity index (χ2n) is 7.22. The van der Waals surface area contributed by atoms with Crippen molar-refractivity contribution in [1.82, 2.24) is 14.9 Å². The molecular formula is C18H23N3O2. The fourth-order valence-electron chi connectivity index (χ4n) is 3.25. The highest BCUT2D eigenvalue weighted by Gasteiger charge is 2.46. The molecule has 0 bridgehead atoms. The van der Waals surface area contributed by atoms with Crippen LogP contribution in [0.1, 0.15) is 44.5 Å². The van der Waals surface area contributed by atoms with Crippen LogP contribution >= 0.6 is 0 Å². The molecule has 1 atom stereocenters. The Balaban J connectivity index is 1.78. The first-order chi connectivity index (χ1) is 10.8. The van der Waals surface area contributed by atoms with Crippen molar-refractivity contribution in [1.29, 1.82) is 0 Å². The maximum Gasteiger partial charge on any atom is 0.251 e. The number of hydrogen-bond donors (Lipinski definition) is 1. The first-order valence-corrected chi connectivity index (χ1v) is 7.86. The molecule has 0 spiro atoms. The van der Waals surface area contributed by atoms with Crippen molar-refractivity contribution in [3.63, 3.8) is 0 Å². The normalized spacial score (nSPS) is 22.0. The topological polar surface area (TPSA) is 56.2 Å². The van der Waals surface area contributed by atoms with E-state index in [1.165, 1.54) is 0 Å². The highest BCUT2D eigenvalue weighted by atomic mass is 16.5. The van der Waals surface area contributed by atoms with Crippen LogP contribution in [0.5, 0.6) is 0 Å². The van der Waals surface area contributed by atoms with Crippen molar-refractivity contribution >= 4 is 5.91 Å². The Morgan fingerprint density at radius 3 is 2.74 bits per heavy atom. The lowest BCUT2D eigenvalue weighted by molar-refractivity contribution is -0.0693. The molecule has 5 nitrogen and oxygen atoms in total. The Labute approximate surface area is 136 Å². The molecule has 5 heteroatoms. The number of nitrogens with zero attached hydrogens (tertiary/aromatic N) is 2. The van der Waals surface area contributed by atoms with Gasteiger partial charge in [0.2, 0.25) is 0 Å². The predicted octanol–water partition coefficient (Wildman–Crippen LogP) is 2.95. The fourth-order valence-corrected chi connectivity index (χ4v) is 3.25. The van der Waals surface area contributed by atoms with Gasteiger partial charge in [0.1, 0.15) is 0 Å². The van der Waals surface area contributed by atoms with Crippen molar-refractivity contribution in [3.05, 3.63) is 48.5 Å². The Kier molecular flexibility index (Phi) is 3.76. The van der Waals surface area contributed by atoms with Gasteiger partial charge in [0, 0.05) is 23.6 Å². The number of hydrogen-bond acceptors (Lipinski definition) is 3. The smallest absolute Gasteiger partial charge is 0.251 e. The lowest BCUT2D eigenvalue weighted by Crippen LogP contribution is -2.46. The van der Waals surface area contributed by atoms with Gasteiger partial charge in [0.05, 0.1) is 23.6 Å². The summed E-state index contributed by atoms with van der Waals surface area (Å²) in [6.45, 7) is 8.16. The molecule has 122 valence electrons. The monoisotopic (exact) mass is 313 g/mol. The van der Waals surface area contributed by atoms with Gasteiger partial charge in [-0.05, 0) is 52.3 Å². The molecule has 1 saturated heterocycles. The summed E-state index contributed by atoms with van der Waals surface area (Å²) in [5.41, 5.74) is 0.954. The standard InChI is InChI=1S/C18H23N3O2/c1-17(2)11-15(18(3,4)23-17)20-16(22)13-6-5-7-14(10-13)21-9-8-19-12-21/h5-10,12,15H,11H2,1-4H3,(H,20,22)/t15-/m0/s1. The molecule has 1 fully saturated rings. The van der Waals surface area contributed by atoms with E-state index in [1.54, 1.807) is 12.5 Å². The van der Waals surface area contributed by atoms with Crippen molar-refractivity contribution in [2.24, 2.45) is 0 Å². The van der Waals surface area contributed by atoms with Crippen LogP contribution in [0.15, 0.2) is 43.0 Å². The third-order valence-electron chi connectivity index (χ3n) is 4.29. The summed E-state index contributed by atoms with van der Waals surface area (Å²) in [6.07, 6.45) is 6.08. The van der Waals surface area contributed by atoms with E-state index < -0.39 is 0 Å². The molecule has 3 rings (SSSR count). The Morgan fingerprint density at radius 1 is 1.35 bits per heavy atom. The van der Waals surface area contributed by atoms with Crippen molar-refractivity contribution in [2.75, 3.05) is 0 Å². The van der Waals surface area contributed by atoms with E-state index in [-0.39, 0.29) is 23.2 Å². The van der Waals surface area contributed by atoms with Crippen LogP contribution in [0.2, 0.25) is 0 Å². The van der Waals surface area contributed by atoms with E-state index in [1.807, 2.05) is 48.9 Å². The lowest BCUT2D eigenvalue weighted by atomic mass is 9.94. The molecule has 0 aliphatic carbocycles. The maximum absolute atomic E-state index is 12.6. The van der Waals surface area contributed by atoms with Crippen LogP contribution in [0.3, 0.4) is 0 Å². The molecule has 1 aromatic carbocycles. The minimum absolute atomic E-state index is 0.0121. The molecule has 23 heavy (non-hydrogen) atoms. The molecule has 0 unspecified atom stereocenters. The Hall–Kier alpha value is -2.14. The zero-order valence-electron chi connectivity index (χ0n) is 14.0. The van der Waals surface area contributed by atoms with Gasteiger partial charge in [-0.3, -0.25) is 4.79 Å². The van der Waals surface area contributed by atoms with Gasteiger partial charge in [-0.15, -0.1) is 0 Å². The molecule has 0 saturated carbocycles. The Bertz CT molecular complexity index is 705. The van der Waals surface area contributed by atoms with Crippen LogP contribution < -0.4 is 5.32 Å². The van der Waals surface area contributed by atoms with E-state index in [4.69, 9.17) is 4.74 Å². The summed E-state index contributed by atoms with van der Waals surface area (Å²) in [4.78, 5) is 16.7. The summed E-state index contributed by atoms with van der Waals surface area (Å²) < 4.78 is 7.92. The van der Waals surface area contributed by atoms with Crippen LogP contribution in [-0.4, -0.2) is 32.7 Å². The average Bonchev–Trinajstić information content (AvgIpc) is 3.05. The maximum atomic E-state index is 12.6. The fraction of sp³-hybridized carbons (Fsp3) is 0.444. The van der Waals surface area contributed by atoms with E-state index in [0.717, 1.165) is 12.1 Å². The van der Waals surface area contributed by atoms with Crippen molar-refractivity contribution < 1.29 is 9.53 Å². The van der Waals surface area contributed by atoms with Gasteiger partial charge in [0.15, 0.2) is 0 Å².